The molecule has 1 aromatic heterocycles. The zero-order chi connectivity index (χ0) is 13.9. The van der Waals surface area contributed by atoms with E-state index in [4.69, 9.17) is 16.3 Å². The minimum Gasteiger partial charge on any atom is -0.497 e. The van der Waals surface area contributed by atoms with Gasteiger partial charge in [-0.1, -0.05) is 17.7 Å². The van der Waals surface area contributed by atoms with Crippen molar-refractivity contribution in [2.75, 3.05) is 11.8 Å². The number of benzene rings is 1. The van der Waals surface area contributed by atoms with Crippen molar-refractivity contribution in [1.82, 2.24) is 10.2 Å². The van der Waals surface area contributed by atoms with Gasteiger partial charge in [-0.2, -0.15) is 0 Å². The second-order valence-electron chi connectivity index (χ2n) is 3.53. The number of rotatable bonds is 4. The van der Waals surface area contributed by atoms with Gasteiger partial charge in [-0.3, -0.25) is 4.72 Å². The van der Waals surface area contributed by atoms with Crippen LogP contribution in [0.25, 0.3) is 0 Å². The number of sulfonamides is 1. The van der Waals surface area contributed by atoms with Crippen molar-refractivity contribution in [3.05, 3.63) is 41.6 Å². The Bertz CT molecular complexity index is 674. The molecule has 2 rings (SSSR count). The maximum atomic E-state index is 12.1. The van der Waals surface area contributed by atoms with Gasteiger partial charge in [0.1, 0.15) is 5.75 Å². The molecular weight excluding hydrogens is 290 g/mol. The number of hydrogen-bond donors (Lipinski definition) is 1. The van der Waals surface area contributed by atoms with Crippen molar-refractivity contribution in [1.29, 1.82) is 0 Å². The van der Waals surface area contributed by atoms with Crippen LogP contribution >= 0.6 is 11.6 Å². The second kappa shape index (κ2) is 5.41. The van der Waals surface area contributed by atoms with Crippen LogP contribution in [0.4, 0.5) is 5.82 Å². The number of hydrogen-bond acceptors (Lipinski definition) is 5. The van der Waals surface area contributed by atoms with E-state index in [2.05, 4.69) is 14.9 Å². The van der Waals surface area contributed by atoms with Crippen LogP contribution in [0.1, 0.15) is 0 Å². The van der Waals surface area contributed by atoms with Crippen molar-refractivity contribution in [3.8, 4) is 5.75 Å². The van der Waals surface area contributed by atoms with E-state index in [-0.39, 0.29) is 15.9 Å². The number of anilines is 1. The quantitative estimate of drug-likeness (QED) is 0.933. The minimum atomic E-state index is -3.73. The number of nitrogens with one attached hydrogen (secondary N) is 1. The summed E-state index contributed by atoms with van der Waals surface area (Å²) in [6.45, 7) is 0. The Balaban J connectivity index is 2.29. The molecule has 0 aliphatic carbocycles. The Hall–Kier alpha value is -1.86. The van der Waals surface area contributed by atoms with E-state index in [9.17, 15) is 8.42 Å². The predicted octanol–water partition coefficient (Wildman–Crippen LogP) is 1.94. The molecule has 0 radical (unpaired) electrons. The van der Waals surface area contributed by atoms with E-state index >= 15 is 0 Å². The first-order chi connectivity index (χ1) is 9.01. The number of ether oxygens (including phenoxy) is 1. The molecule has 2 aromatic rings. The van der Waals surface area contributed by atoms with E-state index in [1.165, 1.54) is 31.4 Å². The molecule has 0 bridgehead atoms. The molecule has 0 unspecified atom stereocenters. The Morgan fingerprint density at radius 3 is 2.63 bits per heavy atom. The number of halogens is 1. The Labute approximate surface area is 115 Å². The summed E-state index contributed by atoms with van der Waals surface area (Å²) in [5, 5.41) is 7.37. The normalized spacial score (nSPS) is 11.1. The fourth-order valence-electron chi connectivity index (χ4n) is 1.34. The third-order valence-corrected chi connectivity index (χ3v) is 3.78. The molecule has 0 spiro atoms. The van der Waals surface area contributed by atoms with Gasteiger partial charge in [0.05, 0.1) is 12.0 Å². The molecule has 1 N–H and O–H groups in total. The van der Waals surface area contributed by atoms with E-state index in [0.717, 1.165) is 0 Å². The number of methoxy groups -OCH3 is 1. The zero-order valence-corrected chi connectivity index (χ0v) is 11.4. The lowest BCUT2D eigenvalue weighted by molar-refractivity contribution is 0.413. The van der Waals surface area contributed by atoms with Crippen molar-refractivity contribution >= 4 is 27.4 Å². The summed E-state index contributed by atoms with van der Waals surface area (Å²) >= 11 is 5.57. The highest BCUT2D eigenvalue weighted by Gasteiger charge is 2.15. The third kappa shape index (κ3) is 3.33. The second-order valence-corrected chi connectivity index (χ2v) is 5.60. The molecule has 0 saturated heterocycles. The summed E-state index contributed by atoms with van der Waals surface area (Å²) < 4.78 is 31.5. The molecule has 6 nitrogen and oxygen atoms in total. The van der Waals surface area contributed by atoms with Gasteiger partial charge in [-0.25, -0.2) is 8.42 Å². The van der Waals surface area contributed by atoms with Crippen molar-refractivity contribution in [2.45, 2.75) is 4.90 Å². The van der Waals surface area contributed by atoms with Crippen LogP contribution in [0, 0.1) is 0 Å². The molecule has 0 fully saturated rings. The van der Waals surface area contributed by atoms with Gasteiger partial charge >= 0.3 is 0 Å². The van der Waals surface area contributed by atoms with Crippen LogP contribution in [0.2, 0.25) is 5.15 Å². The van der Waals surface area contributed by atoms with Crippen LogP contribution in [0.15, 0.2) is 41.3 Å². The molecule has 8 heteroatoms. The Morgan fingerprint density at radius 2 is 2.00 bits per heavy atom. The van der Waals surface area contributed by atoms with Gasteiger partial charge in [0.25, 0.3) is 10.0 Å². The van der Waals surface area contributed by atoms with Gasteiger partial charge in [0, 0.05) is 6.07 Å². The molecule has 1 heterocycles. The topological polar surface area (TPSA) is 81.2 Å². The highest BCUT2D eigenvalue weighted by Crippen LogP contribution is 2.19. The average Bonchev–Trinajstić information content (AvgIpc) is 2.41. The average molecular weight is 300 g/mol. The Kier molecular flexibility index (Phi) is 3.87. The lowest BCUT2D eigenvalue weighted by Gasteiger charge is -2.07. The SMILES string of the molecule is COc1cccc(S(=O)(=O)Nc2ccc(Cl)nn2)c1. The summed E-state index contributed by atoms with van der Waals surface area (Å²) in [7, 11) is -2.27. The highest BCUT2D eigenvalue weighted by molar-refractivity contribution is 7.92. The summed E-state index contributed by atoms with van der Waals surface area (Å²) in [4.78, 5) is 0.0728. The molecule has 100 valence electrons. The monoisotopic (exact) mass is 299 g/mol. The van der Waals surface area contributed by atoms with Crippen LogP contribution in [0.5, 0.6) is 5.75 Å². The Morgan fingerprint density at radius 1 is 1.21 bits per heavy atom. The summed E-state index contributed by atoms with van der Waals surface area (Å²) in [5.41, 5.74) is 0. The fraction of sp³-hybridized carbons (Fsp3) is 0.0909. The predicted molar refractivity (Wildman–Crippen MR) is 70.8 cm³/mol. The van der Waals surface area contributed by atoms with Crippen molar-refractivity contribution in [3.63, 3.8) is 0 Å². The van der Waals surface area contributed by atoms with Crippen LogP contribution in [-0.4, -0.2) is 25.7 Å². The molecule has 0 aliphatic rings. The maximum absolute atomic E-state index is 12.1. The van der Waals surface area contributed by atoms with Crippen LogP contribution in [0.3, 0.4) is 0 Å². The van der Waals surface area contributed by atoms with Gasteiger partial charge in [-0.05, 0) is 24.3 Å². The molecular formula is C11H10ClN3O3S. The first kappa shape index (κ1) is 13.6. The summed E-state index contributed by atoms with van der Waals surface area (Å²) in [6.07, 6.45) is 0. The number of nitrogens with zero attached hydrogens (tertiary/aromatic N) is 2. The third-order valence-electron chi connectivity index (χ3n) is 2.22. The zero-order valence-electron chi connectivity index (χ0n) is 9.87. The standard InChI is InChI=1S/C11H10ClN3O3S/c1-18-8-3-2-4-9(7-8)19(16,17)15-11-6-5-10(12)13-14-11/h2-7H,1H3,(H,14,15). The lowest BCUT2D eigenvalue weighted by atomic mass is 10.3. The van der Waals surface area contributed by atoms with E-state index < -0.39 is 10.0 Å². The van der Waals surface area contributed by atoms with E-state index in [1.807, 2.05) is 0 Å². The van der Waals surface area contributed by atoms with Crippen LogP contribution in [-0.2, 0) is 10.0 Å². The fourth-order valence-corrected chi connectivity index (χ4v) is 2.47. The highest BCUT2D eigenvalue weighted by atomic mass is 35.5. The molecule has 1 aromatic carbocycles. The van der Waals surface area contributed by atoms with Gasteiger partial charge < -0.3 is 4.74 Å². The largest absolute Gasteiger partial charge is 0.497 e. The van der Waals surface area contributed by atoms with Gasteiger partial charge in [0.2, 0.25) is 0 Å². The molecule has 0 amide bonds. The van der Waals surface area contributed by atoms with Gasteiger partial charge in [-0.15, -0.1) is 10.2 Å². The van der Waals surface area contributed by atoms with E-state index in [0.29, 0.717) is 5.75 Å². The molecule has 0 aliphatic heterocycles. The molecule has 19 heavy (non-hydrogen) atoms. The molecule has 0 atom stereocenters. The lowest BCUT2D eigenvalue weighted by Crippen LogP contribution is -2.14. The smallest absolute Gasteiger partial charge is 0.263 e. The van der Waals surface area contributed by atoms with Crippen LogP contribution < -0.4 is 9.46 Å². The van der Waals surface area contributed by atoms with Crippen molar-refractivity contribution < 1.29 is 13.2 Å². The summed E-state index contributed by atoms with van der Waals surface area (Å²) in [5.74, 6) is 0.539. The number of aromatic nitrogens is 2. The summed E-state index contributed by atoms with van der Waals surface area (Å²) in [6, 6.07) is 8.97. The van der Waals surface area contributed by atoms with Gasteiger partial charge in [0.15, 0.2) is 11.0 Å². The first-order valence-electron chi connectivity index (χ1n) is 5.17. The van der Waals surface area contributed by atoms with E-state index in [1.54, 1.807) is 12.1 Å². The first-order valence-corrected chi connectivity index (χ1v) is 7.03. The minimum absolute atomic E-state index is 0.0728. The van der Waals surface area contributed by atoms with Crippen molar-refractivity contribution in [2.24, 2.45) is 0 Å². The molecule has 0 saturated carbocycles. The maximum Gasteiger partial charge on any atom is 0.263 e.